The Morgan fingerprint density at radius 1 is 0.526 bits per heavy atom. The molecule has 1 heterocycles. The molecule has 0 unspecified atom stereocenters. The maximum absolute atomic E-state index is 11.1. The Kier molecular flexibility index (Phi) is 20.4. The molecule has 9 heteroatoms. The van der Waals surface area contributed by atoms with Crippen LogP contribution in [0.4, 0.5) is 11.6 Å². The van der Waals surface area contributed by atoms with Crippen molar-refractivity contribution in [3.8, 4) is 11.5 Å². The Balaban J connectivity index is 0.000000548. The van der Waals surface area contributed by atoms with Gasteiger partial charge in [0, 0.05) is 45.0 Å². The number of aldehydes is 1. The lowest BCUT2D eigenvalue weighted by Crippen LogP contribution is -2.18. The van der Waals surface area contributed by atoms with Crippen LogP contribution in [0.3, 0.4) is 0 Å². The minimum absolute atomic E-state index is 0.177. The Morgan fingerprint density at radius 3 is 1.19 bits per heavy atom. The van der Waals surface area contributed by atoms with Crippen LogP contribution in [-0.4, -0.2) is 43.0 Å². The van der Waals surface area contributed by atoms with Gasteiger partial charge in [0.15, 0.2) is 10.3 Å². The van der Waals surface area contributed by atoms with Crippen molar-refractivity contribution in [1.82, 2.24) is 15.0 Å². The van der Waals surface area contributed by atoms with E-state index in [1.165, 1.54) is 77.0 Å². The van der Waals surface area contributed by atoms with E-state index < -0.39 is 0 Å². The second kappa shape index (κ2) is 23.1. The highest BCUT2D eigenvalue weighted by Crippen LogP contribution is 2.42. The van der Waals surface area contributed by atoms with Crippen molar-refractivity contribution < 1.29 is 15.0 Å². The molecule has 0 bridgehead atoms. The summed E-state index contributed by atoms with van der Waals surface area (Å²) in [6.45, 7) is 29.5. The Hall–Kier alpha value is -2.78. The third kappa shape index (κ3) is 17.5. The van der Waals surface area contributed by atoms with Crippen molar-refractivity contribution >= 4 is 41.4 Å². The summed E-state index contributed by atoms with van der Waals surface area (Å²) in [6, 6.07) is 7.64. The molecule has 0 fully saturated rings. The van der Waals surface area contributed by atoms with Crippen LogP contribution >= 0.6 is 23.5 Å². The highest BCUT2D eigenvalue weighted by Gasteiger charge is 2.28. The van der Waals surface area contributed by atoms with Crippen LogP contribution in [0.2, 0.25) is 0 Å². The number of nitrogens with one attached hydrogen (secondary N) is 1. The minimum Gasteiger partial charge on any atom is -0.507 e. The number of rotatable bonds is 19. The van der Waals surface area contributed by atoms with Crippen LogP contribution in [0.1, 0.15) is 207 Å². The number of hydrogen-bond acceptors (Lipinski definition) is 9. The zero-order valence-electron chi connectivity index (χ0n) is 38.2. The zero-order chi connectivity index (χ0) is 43.0. The number of hydrogen-bond donors (Lipinski definition) is 3. The molecule has 0 aliphatic rings. The van der Waals surface area contributed by atoms with Gasteiger partial charge in [-0.2, -0.15) is 15.0 Å². The second-order valence-corrected chi connectivity index (χ2v) is 21.7. The third-order valence-corrected chi connectivity index (χ3v) is 11.8. The molecule has 3 rings (SSSR count). The van der Waals surface area contributed by atoms with Gasteiger partial charge < -0.3 is 15.5 Å². The molecule has 0 amide bonds. The monoisotopic (exact) mass is 823 g/mol. The second-order valence-electron chi connectivity index (χ2n) is 19.6. The number of aromatic nitrogens is 3. The lowest BCUT2D eigenvalue weighted by molar-refractivity contribution is 0.112. The van der Waals surface area contributed by atoms with Crippen molar-refractivity contribution in [2.75, 3.05) is 16.8 Å². The number of nitrogens with zero attached hydrogens (tertiary/aromatic N) is 3. The first-order valence-corrected chi connectivity index (χ1v) is 23.5. The van der Waals surface area contributed by atoms with Gasteiger partial charge in [-0.1, -0.05) is 185 Å². The number of carbonyl (C=O) groups excluding carboxylic acids is 1. The third-order valence-electron chi connectivity index (χ3n) is 9.92. The molecule has 57 heavy (non-hydrogen) atoms. The van der Waals surface area contributed by atoms with Crippen molar-refractivity contribution in [3.05, 3.63) is 52.1 Å². The first kappa shape index (κ1) is 50.4. The van der Waals surface area contributed by atoms with Crippen LogP contribution in [-0.2, 0) is 21.7 Å². The summed E-state index contributed by atoms with van der Waals surface area (Å²) >= 11 is 3.48. The predicted octanol–water partition coefficient (Wildman–Crippen LogP) is 14.6. The summed E-state index contributed by atoms with van der Waals surface area (Å²) in [7, 11) is 0. The molecule has 0 saturated carbocycles. The number of unbranched alkanes of at least 4 members (excludes halogenated alkanes) is 10. The average molecular weight is 823 g/mol. The molecule has 3 aromatic rings. The van der Waals surface area contributed by atoms with Crippen LogP contribution in [0.15, 0.2) is 34.6 Å². The number of phenols is 2. The maximum atomic E-state index is 11.1. The fraction of sp³-hybridized carbons (Fsp3) is 0.667. The number of benzene rings is 2. The van der Waals surface area contributed by atoms with Crippen LogP contribution < -0.4 is 5.32 Å². The van der Waals surface area contributed by atoms with E-state index in [1.54, 1.807) is 35.7 Å². The van der Waals surface area contributed by atoms with Gasteiger partial charge in [0.05, 0.1) is 0 Å². The molecule has 320 valence electrons. The molecular formula is C48H78N4O3S2. The maximum Gasteiger partial charge on any atom is 0.232 e. The molecule has 3 N–H and O–H groups in total. The molecule has 1 aromatic heterocycles. The molecule has 0 aliphatic heterocycles. The molecule has 2 aromatic carbocycles. The minimum atomic E-state index is -0.197. The van der Waals surface area contributed by atoms with E-state index in [0.717, 1.165) is 56.0 Å². The number of thioether (sulfide) groups is 2. The summed E-state index contributed by atoms with van der Waals surface area (Å²) in [5.74, 6) is 3.33. The fourth-order valence-corrected chi connectivity index (χ4v) is 8.19. The van der Waals surface area contributed by atoms with E-state index in [1.807, 2.05) is 53.7 Å². The van der Waals surface area contributed by atoms with Crippen molar-refractivity contribution in [2.45, 2.75) is 206 Å². The first-order chi connectivity index (χ1) is 26.5. The summed E-state index contributed by atoms with van der Waals surface area (Å²) < 4.78 is 0. The smallest absolute Gasteiger partial charge is 0.232 e. The number of aromatic hydroxyl groups is 2. The number of phenolic OH excluding ortho intramolecular Hbond substituents is 2. The fourth-order valence-electron chi connectivity index (χ4n) is 6.46. The Labute approximate surface area is 356 Å². The van der Waals surface area contributed by atoms with Gasteiger partial charge in [-0.15, -0.1) is 0 Å². The van der Waals surface area contributed by atoms with Crippen molar-refractivity contribution in [2.24, 2.45) is 0 Å². The lowest BCUT2D eigenvalue weighted by atomic mass is 9.78. The van der Waals surface area contributed by atoms with Gasteiger partial charge in [0.25, 0.3) is 0 Å². The predicted molar refractivity (Wildman–Crippen MR) is 248 cm³/mol. The SMILES string of the molecule is CC(C)(C)c1cc(C=O)cc(C(C)(C)C)c1O.CCCCCCCCSc1nc(Nc2cc(C(C)(C)C)c(O)c(C(C)(C)C)c2)nc(SCCCCCCCC)n1. The molecule has 0 atom stereocenters. The van der Waals surface area contributed by atoms with Gasteiger partial charge >= 0.3 is 0 Å². The van der Waals surface area contributed by atoms with Gasteiger partial charge in [0.2, 0.25) is 5.95 Å². The van der Waals surface area contributed by atoms with Gasteiger partial charge in [-0.3, -0.25) is 4.79 Å². The lowest BCUT2D eigenvalue weighted by Gasteiger charge is -2.28. The van der Waals surface area contributed by atoms with E-state index in [9.17, 15) is 15.0 Å². The molecule has 0 radical (unpaired) electrons. The topological polar surface area (TPSA) is 108 Å². The Bertz CT molecular complexity index is 1570. The highest BCUT2D eigenvalue weighted by molar-refractivity contribution is 7.99. The summed E-state index contributed by atoms with van der Waals surface area (Å²) in [5, 5.41) is 26.6. The standard InChI is InChI=1S/C33H56N4OS2.C15H22O2/c1-9-11-13-15-17-19-21-39-30-35-29(36-31(37-30)40-22-20-18-16-14-12-10-2)34-25-23-26(32(3,4)5)28(38)27(24-25)33(6,7)8;1-14(2,3)11-7-10(9-16)8-12(13(11)17)15(4,5)6/h23-24,38H,9-22H2,1-8H3,(H,34,35,36,37);7-9,17H,1-6H3. The van der Waals surface area contributed by atoms with E-state index in [-0.39, 0.29) is 21.7 Å². The number of carbonyl (C=O) groups is 1. The van der Waals surface area contributed by atoms with E-state index in [4.69, 9.17) is 15.0 Å². The van der Waals surface area contributed by atoms with Crippen LogP contribution in [0.25, 0.3) is 0 Å². The summed E-state index contributed by atoms with van der Waals surface area (Å²) in [5.41, 5.74) is 4.27. The van der Waals surface area contributed by atoms with Crippen LogP contribution in [0.5, 0.6) is 11.5 Å². The normalized spacial score (nSPS) is 12.3. The first-order valence-electron chi connectivity index (χ1n) is 21.5. The molecule has 0 saturated heterocycles. The summed E-state index contributed by atoms with van der Waals surface area (Å²) in [6.07, 6.45) is 16.3. The van der Waals surface area contributed by atoms with E-state index >= 15 is 0 Å². The molecule has 0 aliphatic carbocycles. The summed E-state index contributed by atoms with van der Waals surface area (Å²) in [4.78, 5) is 25.4. The van der Waals surface area contributed by atoms with E-state index in [2.05, 4.69) is 60.7 Å². The van der Waals surface area contributed by atoms with Gasteiger partial charge in [0.1, 0.15) is 17.8 Å². The quantitative estimate of drug-likeness (QED) is 0.0471. The highest BCUT2D eigenvalue weighted by atomic mass is 32.2. The Morgan fingerprint density at radius 2 is 0.860 bits per heavy atom. The zero-order valence-corrected chi connectivity index (χ0v) is 39.9. The van der Waals surface area contributed by atoms with Gasteiger partial charge in [-0.05, 0) is 58.8 Å². The van der Waals surface area contributed by atoms with Crippen molar-refractivity contribution in [1.29, 1.82) is 0 Å². The molecule has 7 nitrogen and oxygen atoms in total. The largest absolute Gasteiger partial charge is 0.507 e. The van der Waals surface area contributed by atoms with Crippen LogP contribution in [0, 0.1) is 0 Å². The van der Waals surface area contributed by atoms with Crippen molar-refractivity contribution in [3.63, 3.8) is 0 Å². The molecule has 0 spiro atoms. The van der Waals surface area contributed by atoms with Gasteiger partial charge in [-0.25, -0.2) is 0 Å². The van der Waals surface area contributed by atoms with E-state index in [0.29, 0.717) is 23.0 Å². The average Bonchev–Trinajstić information content (AvgIpc) is 3.10. The number of anilines is 2. The molecular weight excluding hydrogens is 745 g/mol.